The summed E-state index contributed by atoms with van der Waals surface area (Å²) in [5, 5.41) is 2.98. The fourth-order valence-electron chi connectivity index (χ4n) is 3.88. The molecule has 2 heterocycles. The van der Waals surface area contributed by atoms with Crippen LogP contribution < -0.4 is 14.8 Å². The lowest BCUT2D eigenvalue weighted by atomic mass is 10.0. The third-order valence-corrected chi connectivity index (χ3v) is 6.83. The third kappa shape index (κ3) is 3.68. The normalized spacial score (nSPS) is 13.7. The van der Waals surface area contributed by atoms with E-state index in [1.807, 2.05) is 43.3 Å². The highest BCUT2D eigenvalue weighted by Crippen LogP contribution is 2.43. The number of ether oxygens (including phenoxy) is 2. The molecule has 31 heavy (non-hydrogen) atoms. The van der Waals surface area contributed by atoms with Gasteiger partial charge in [0.1, 0.15) is 0 Å². The van der Waals surface area contributed by atoms with Gasteiger partial charge in [-0.25, -0.2) is 0 Å². The maximum Gasteiger partial charge on any atom is 0.251 e. The number of hydrogen-bond acceptors (Lipinski definition) is 5. The number of carbonyl (C=O) groups is 1. The molecule has 2 aliphatic rings. The fourth-order valence-corrected chi connectivity index (χ4v) is 5.09. The number of amides is 1. The summed E-state index contributed by atoms with van der Waals surface area (Å²) in [6.45, 7) is 6.92. The quantitative estimate of drug-likeness (QED) is 0.590. The summed E-state index contributed by atoms with van der Waals surface area (Å²) < 4.78 is 10.7. The van der Waals surface area contributed by atoms with E-state index in [1.165, 1.54) is 21.6 Å². The molecule has 3 aromatic carbocycles. The average Bonchev–Trinajstić information content (AvgIpc) is 3.17. The molecule has 2 aliphatic heterocycles. The Morgan fingerprint density at radius 1 is 1.00 bits per heavy atom. The summed E-state index contributed by atoms with van der Waals surface area (Å²) in [5.74, 6) is 1.31. The van der Waals surface area contributed by atoms with Crippen LogP contribution in [-0.2, 0) is 6.54 Å². The van der Waals surface area contributed by atoms with Crippen LogP contribution in [0.2, 0.25) is 0 Å². The molecule has 5 nitrogen and oxygen atoms in total. The zero-order valence-electron chi connectivity index (χ0n) is 17.6. The summed E-state index contributed by atoms with van der Waals surface area (Å²) in [7, 11) is 0. The molecule has 0 spiro atoms. The Morgan fingerprint density at radius 3 is 2.68 bits per heavy atom. The molecule has 1 amide bonds. The highest BCUT2D eigenvalue weighted by Gasteiger charge is 2.20. The smallest absolute Gasteiger partial charge is 0.251 e. The minimum atomic E-state index is -0.132. The molecule has 1 N–H and O–H groups in total. The van der Waals surface area contributed by atoms with Crippen LogP contribution in [0.3, 0.4) is 0 Å². The molecule has 6 heteroatoms. The Bertz CT molecular complexity index is 1250. The summed E-state index contributed by atoms with van der Waals surface area (Å²) >= 11 is 1.72. The van der Waals surface area contributed by atoms with Gasteiger partial charge in [-0.15, -0.1) is 0 Å². The van der Waals surface area contributed by atoms with Crippen molar-refractivity contribution < 1.29 is 14.3 Å². The predicted molar refractivity (Wildman–Crippen MR) is 122 cm³/mol. The van der Waals surface area contributed by atoms with Crippen molar-refractivity contribution in [2.24, 2.45) is 4.99 Å². The largest absolute Gasteiger partial charge is 0.454 e. The number of fused-ring (bicyclic) bond motifs is 3. The van der Waals surface area contributed by atoms with Crippen molar-refractivity contribution in [3.8, 4) is 11.5 Å². The van der Waals surface area contributed by atoms with Gasteiger partial charge < -0.3 is 14.8 Å². The van der Waals surface area contributed by atoms with Crippen LogP contribution in [0, 0.1) is 13.8 Å². The number of benzene rings is 3. The lowest BCUT2D eigenvalue weighted by molar-refractivity contribution is 0.0950. The van der Waals surface area contributed by atoms with Crippen molar-refractivity contribution in [2.75, 3.05) is 6.79 Å². The molecular weight excluding hydrogens is 408 g/mol. The second-order valence-electron chi connectivity index (χ2n) is 7.76. The van der Waals surface area contributed by atoms with Gasteiger partial charge in [0.25, 0.3) is 5.91 Å². The molecule has 0 saturated carbocycles. The predicted octanol–water partition coefficient (Wildman–Crippen LogP) is 5.57. The van der Waals surface area contributed by atoms with Crippen molar-refractivity contribution in [3.05, 3.63) is 76.3 Å². The molecule has 0 aliphatic carbocycles. The van der Waals surface area contributed by atoms with Gasteiger partial charge in [0.15, 0.2) is 11.5 Å². The van der Waals surface area contributed by atoms with Crippen LogP contribution in [0.25, 0.3) is 0 Å². The molecule has 0 bridgehead atoms. The maximum absolute atomic E-state index is 12.8. The van der Waals surface area contributed by atoms with E-state index < -0.39 is 0 Å². The van der Waals surface area contributed by atoms with Gasteiger partial charge in [-0.2, -0.15) is 0 Å². The van der Waals surface area contributed by atoms with Crippen molar-refractivity contribution in [3.63, 3.8) is 0 Å². The highest BCUT2D eigenvalue weighted by atomic mass is 32.2. The molecule has 0 radical (unpaired) electrons. The third-order valence-electron chi connectivity index (χ3n) is 5.54. The minimum absolute atomic E-state index is 0.132. The Kier molecular flexibility index (Phi) is 4.94. The molecular formula is C25H22N2O3S. The molecule has 0 atom stereocenters. The van der Waals surface area contributed by atoms with E-state index in [0.717, 1.165) is 27.6 Å². The first-order chi connectivity index (χ1) is 15.0. The number of hydrogen-bond donors (Lipinski definition) is 1. The van der Waals surface area contributed by atoms with Crippen LogP contribution in [0.1, 0.15) is 39.5 Å². The zero-order chi connectivity index (χ0) is 21.5. The van der Waals surface area contributed by atoms with E-state index in [0.29, 0.717) is 17.9 Å². The topological polar surface area (TPSA) is 59.9 Å². The molecule has 3 aromatic rings. The second kappa shape index (κ2) is 7.78. The lowest BCUT2D eigenvalue weighted by Crippen LogP contribution is -2.22. The van der Waals surface area contributed by atoms with Crippen molar-refractivity contribution in [1.82, 2.24) is 5.32 Å². The standard InChI is InChI=1S/C25H22N2O3S/c1-14-4-5-15(2)24-23(14)16(3)27-19-11-18(7-9-22(19)31-24)25(28)26-12-17-6-8-20-21(10-17)30-13-29-20/h4-11H,12-13H2,1-3H3,(H,26,28). The molecule has 5 rings (SSSR count). The van der Waals surface area contributed by atoms with E-state index in [-0.39, 0.29) is 12.7 Å². The van der Waals surface area contributed by atoms with Crippen molar-refractivity contribution >= 4 is 29.1 Å². The number of nitrogens with one attached hydrogen (secondary N) is 1. The van der Waals surface area contributed by atoms with Crippen molar-refractivity contribution in [2.45, 2.75) is 37.1 Å². The second-order valence-corrected chi connectivity index (χ2v) is 8.81. The molecule has 0 aromatic heterocycles. The van der Waals surface area contributed by atoms with Gasteiger partial charge in [-0.1, -0.05) is 30.0 Å². The average molecular weight is 431 g/mol. The van der Waals surface area contributed by atoms with Gasteiger partial charge in [0.2, 0.25) is 6.79 Å². The van der Waals surface area contributed by atoms with E-state index in [2.05, 4.69) is 31.3 Å². The number of nitrogens with zero attached hydrogens (tertiary/aromatic N) is 1. The summed E-state index contributed by atoms with van der Waals surface area (Å²) in [6.07, 6.45) is 0. The molecule has 0 unspecified atom stereocenters. The fraction of sp³-hybridized carbons (Fsp3) is 0.200. The minimum Gasteiger partial charge on any atom is -0.454 e. The van der Waals surface area contributed by atoms with E-state index in [1.54, 1.807) is 11.8 Å². The first-order valence-electron chi connectivity index (χ1n) is 10.1. The first-order valence-corrected chi connectivity index (χ1v) is 11.0. The summed E-state index contributed by atoms with van der Waals surface area (Å²) in [6, 6.07) is 15.7. The van der Waals surface area contributed by atoms with E-state index in [4.69, 9.17) is 14.5 Å². The number of aryl methyl sites for hydroxylation is 2. The number of rotatable bonds is 3. The lowest BCUT2D eigenvalue weighted by Gasteiger charge is -2.12. The highest BCUT2D eigenvalue weighted by molar-refractivity contribution is 7.99. The summed E-state index contributed by atoms with van der Waals surface area (Å²) in [4.78, 5) is 20.0. The maximum atomic E-state index is 12.8. The number of aliphatic imine (C=N–C) groups is 1. The van der Waals surface area contributed by atoms with Crippen molar-refractivity contribution in [1.29, 1.82) is 0 Å². The Hall–Kier alpha value is -3.25. The Morgan fingerprint density at radius 2 is 1.81 bits per heavy atom. The van der Waals surface area contributed by atoms with Crippen LogP contribution in [0.4, 0.5) is 5.69 Å². The van der Waals surface area contributed by atoms with Crippen LogP contribution in [-0.4, -0.2) is 18.4 Å². The Labute approximate surface area is 185 Å². The van der Waals surface area contributed by atoms with Crippen LogP contribution in [0.15, 0.2) is 63.3 Å². The molecule has 156 valence electrons. The van der Waals surface area contributed by atoms with Crippen LogP contribution >= 0.6 is 11.8 Å². The van der Waals surface area contributed by atoms with Gasteiger partial charge in [0.05, 0.1) is 5.69 Å². The zero-order valence-corrected chi connectivity index (χ0v) is 18.4. The van der Waals surface area contributed by atoms with Gasteiger partial charge in [-0.3, -0.25) is 9.79 Å². The molecule has 0 fully saturated rings. The number of carbonyl (C=O) groups excluding carboxylic acids is 1. The van der Waals surface area contributed by atoms with E-state index >= 15 is 0 Å². The SMILES string of the molecule is CC1=Nc2cc(C(=O)NCc3ccc4c(c3)OCO4)ccc2Sc2c(C)ccc(C)c21. The summed E-state index contributed by atoms with van der Waals surface area (Å²) in [5.41, 5.74) is 6.99. The van der Waals surface area contributed by atoms with Gasteiger partial charge in [-0.05, 0) is 67.8 Å². The van der Waals surface area contributed by atoms with Gasteiger partial charge in [0, 0.05) is 33.2 Å². The Balaban J connectivity index is 1.38. The van der Waals surface area contributed by atoms with Gasteiger partial charge >= 0.3 is 0 Å². The van der Waals surface area contributed by atoms with E-state index in [9.17, 15) is 4.79 Å². The first kappa shape index (κ1) is 19.7. The molecule has 0 saturated heterocycles. The van der Waals surface area contributed by atoms with Crippen LogP contribution in [0.5, 0.6) is 11.5 Å². The monoisotopic (exact) mass is 430 g/mol.